The Morgan fingerprint density at radius 1 is 1.17 bits per heavy atom. The predicted octanol–water partition coefficient (Wildman–Crippen LogP) is 4.25. The maximum atomic E-state index is 12.6. The first kappa shape index (κ1) is 18.0. The highest BCUT2D eigenvalue weighted by Crippen LogP contribution is 2.41. The Morgan fingerprint density at radius 2 is 1.87 bits per heavy atom. The van der Waals surface area contributed by atoms with E-state index in [0.717, 1.165) is 42.2 Å². The molecule has 0 saturated carbocycles. The van der Waals surface area contributed by atoms with Gasteiger partial charge in [-0.15, -0.1) is 11.8 Å². The number of hydrogen-bond donors (Lipinski definition) is 0. The summed E-state index contributed by atoms with van der Waals surface area (Å²) in [6.45, 7) is 3.01. The molecule has 1 aliphatic rings. The summed E-state index contributed by atoms with van der Waals surface area (Å²) in [5, 5.41) is 0.0673. The van der Waals surface area contributed by atoms with Gasteiger partial charge in [-0.25, -0.2) is 0 Å². The second-order valence-electron chi connectivity index (χ2n) is 5.77. The van der Waals surface area contributed by atoms with Crippen molar-refractivity contribution in [2.75, 3.05) is 26.5 Å². The molecule has 5 heteroatoms. The van der Waals surface area contributed by atoms with E-state index >= 15 is 0 Å². The Labute approximate surface area is 143 Å². The molecule has 23 heavy (non-hydrogen) atoms. The smallest absolute Gasteiger partial charge is 0.223 e. The second kappa shape index (κ2) is 9.06. The lowest BCUT2D eigenvalue weighted by atomic mass is 10.1. The lowest BCUT2D eigenvalue weighted by molar-refractivity contribution is -0.131. The number of ether oxygens (including phenoxy) is 2. The van der Waals surface area contributed by atoms with Crippen molar-refractivity contribution in [2.45, 2.75) is 44.4 Å². The standard InChI is InChI=1S/C18H27NO3S/c1-4-5-6-7-8-17(20)19-9-10-23-18(19)14-11-15(21-2)13-16(12-14)22-3/h11-13,18H,4-10H2,1-3H3. The summed E-state index contributed by atoms with van der Waals surface area (Å²) in [5.41, 5.74) is 1.07. The minimum Gasteiger partial charge on any atom is -0.497 e. The molecule has 0 bridgehead atoms. The molecule has 0 N–H and O–H groups in total. The first-order chi connectivity index (χ1) is 11.2. The van der Waals surface area contributed by atoms with Gasteiger partial charge in [-0.05, 0) is 24.1 Å². The van der Waals surface area contributed by atoms with Gasteiger partial charge in [0.15, 0.2) is 0 Å². The van der Waals surface area contributed by atoms with Crippen LogP contribution in [0, 0.1) is 0 Å². The Hall–Kier alpha value is -1.36. The van der Waals surface area contributed by atoms with Gasteiger partial charge < -0.3 is 14.4 Å². The maximum absolute atomic E-state index is 12.6. The monoisotopic (exact) mass is 337 g/mol. The Balaban J connectivity index is 2.07. The van der Waals surface area contributed by atoms with Gasteiger partial charge in [0.1, 0.15) is 16.9 Å². The third-order valence-corrected chi connectivity index (χ3v) is 5.38. The zero-order chi connectivity index (χ0) is 16.7. The summed E-state index contributed by atoms with van der Waals surface area (Å²) in [6.07, 6.45) is 5.18. The van der Waals surface area contributed by atoms with Crippen LogP contribution < -0.4 is 9.47 Å². The van der Waals surface area contributed by atoms with Crippen molar-refractivity contribution in [1.29, 1.82) is 0 Å². The highest BCUT2D eigenvalue weighted by atomic mass is 32.2. The van der Waals surface area contributed by atoms with E-state index in [-0.39, 0.29) is 11.3 Å². The van der Waals surface area contributed by atoms with Crippen molar-refractivity contribution in [3.05, 3.63) is 23.8 Å². The lowest BCUT2D eigenvalue weighted by Gasteiger charge is -2.25. The number of methoxy groups -OCH3 is 2. The third-order valence-electron chi connectivity index (χ3n) is 4.11. The molecule has 1 saturated heterocycles. The SMILES string of the molecule is CCCCCCC(=O)N1CCSC1c1cc(OC)cc(OC)c1. The van der Waals surface area contributed by atoms with Crippen LogP contribution in [-0.2, 0) is 4.79 Å². The zero-order valence-corrected chi connectivity index (χ0v) is 15.2. The van der Waals surface area contributed by atoms with Gasteiger partial charge >= 0.3 is 0 Å². The van der Waals surface area contributed by atoms with Crippen LogP contribution in [0.3, 0.4) is 0 Å². The minimum absolute atomic E-state index is 0.0673. The van der Waals surface area contributed by atoms with Gasteiger partial charge in [0.05, 0.1) is 14.2 Å². The van der Waals surface area contributed by atoms with E-state index < -0.39 is 0 Å². The summed E-state index contributed by atoms with van der Waals surface area (Å²) < 4.78 is 10.7. The Bertz CT molecular complexity index is 499. The van der Waals surface area contributed by atoms with Crippen molar-refractivity contribution in [3.63, 3.8) is 0 Å². The highest BCUT2D eigenvalue weighted by molar-refractivity contribution is 7.99. The fraction of sp³-hybridized carbons (Fsp3) is 0.611. The van der Waals surface area contributed by atoms with E-state index in [2.05, 4.69) is 6.92 Å². The van der Waals surface area contributed by atoms with E-state index in [0.29, 0.717) is 6.42 Å². The molecule has 1 aliphatic heterocycles. The molecule has 1 aromatic carbocycles. The predicted molar refractivity (Wildman–Crippen MR) is 95.2 cm³/mol. The number of hydrogen-bond acceptors (Lipinski definition) is 4. The number of thioether (sulfide) groups is 1. The van der Waals surface area contributed by atoms with E-state index in [9.17, 15) is 4.79 Å². The van der Waals surface area contributed by atoms with Crippen LogP contribution in [0.1, 0.15) is 50.0 Å². The molecule has 1 unspecified atom stereocenters. The van der Waals surface area contributed by atoms with E-state index in [1.165, 1.54) is 12.8 Å². The molecule has 1 heterocycles. The number of rotatable bonds is 8. The minimum atomic E-state index is 0.0673. The number of carbonyl (C=O) groups is 1. The second-order valence-corrected chi connectivity index (χ2v) is 6.96. The van der Waals surface area contributed by atoms with Crippen LogP contribution in [0.2, 0.25) is 0 Å². The Kier molecular flexibility index (Phi) is 7.09. The van der Waals surface area contributed by atoms with Gasteiger partial charge in [0.25, 0.3) is 0 Å². The molecule has 1 fully saturated rings. The van der Waals surface area contributed by atoms with Crippen molar-refractivity contribution < 1.29 is 14.3 Å². The van der Waals surface area contributed by atoms with Crippen molar-refractivity contribution in [1.82, 2.24) is 4.90 Å². The molecule has 0 radical (unpaired) electrons. The average molecular weight is 337 g/mol. The summed E-state index contributed by atoms with van der Waals surface area (Å²) in [7, 11) is 3.30. The Morgan fingerprint density at radius 3 is 2.48 bits per heavy atom. The average Bonchev–Trinajstić information content (AvgIpc) is 3.07. The zero-order valence-electron chi connectivity index (χ0n) is 14.3. The molecule has 128 valence electrons. The van der Waals surface area contributed by atoms with Gasteiger partial charge in [-0.2, -0.15) is 0 Å². The van der Waals surface area contributed by atoms with Gasteiger partial charge in [-0.1, -0.05) is 26.2 Å². The molecule has 1 aromatic rings. The number of amides is 1. The van der Waals surface area contributed by atoms with Crippen LogP contribution in [0.4, 0.5) is 0 Å². The summed E-state index contributed by atoms with van der Waals surface area (Å²) in [5.74, 6) is 2.77. The number of carbonyl (C=O) groups excluding carboxylic acids is 1. The fourth-order valence-corrected chi connectivity index (χ4v) is 4.08. The van der Waals surface area contributed by atoms with Gasteiger partial charge in [0.2, 0.25) is 5.91 Å². The van der Waals surface area contributed by atoms with Crippen molar-refractivity contribution in [2.24, 2.45) is 0 Å². The number of benzene rings is 1. The van der Waals surface area contributed by atoms with E-state index in [1.807, 2.05) is 34.9 Å². The van der Waals surface area contributed by atoms with Crippen LogP contribution in [0.15, 0.2) is 18.2 Å². The van der Waals surface area contributed by atoms with Gasteiger partial charge in [0, 0.05) is 24.8 Å². The summed E-state index contributed by atoms with van der Waals surface area (Å²) in [6, 6.07) is 5.87. The van der Waals surface area contributed by atoms with Crippen molar-refractivity contribution in [3.8, 4) is 11.5 Å². The van der Waals surface area contributed by atoms with E-state index in [1.54, 1.807) is 14.2 Å². The summed E-state index contributed by atoms with van der Waals surface area (Å²) in [4.78, 5) is 14.6. The molecule has 0 spiro atoms. The van der Waals surface area contributed by atoms with Crippen LogP contribution in [-0.4, -0.2) is 37.3 Å². The molecule has 0 aromatic heterocycles. The van der Waals surface area contributed by atoms with E-state index in [4.69, 9.17) is 9.47 Å². The molecule has 0 aliphatic carbocycles. The lowest BCUT2D eigenvalue weighted by Crippen LogP contribution is -2.30. The molecule has 2 rings (SSSR count). The highest BCUT2D eigenvalue weighted by Gasteiger charge is 2.30. The third kappa shape index (κ3) is 4.80. The largest absolute Gasteiger partial charge is 0.497 e. The fourth-order valence-electron chi connectivity index (χ4n) is 2.82. The number of nitrogens with zero attached hydrogens (tertiary/aromatic N) is 1. The number of unbranched alkanes of at least 4 members (excludes halogenated alkanes) is 3. The molecule has 1 amide bonds. The molecular formula is C18H27NO3S. The van der Waals surface area contributed by atoms with Gasteiger partial charge in [-0.3, -0.25) is 4.79 Å². The first-order valence-electron chi connectivity index (χ1n) is 8.33. The maximum Gasteiger partial charge on any atom is 0.223 e. The molecule has 4 nitrogen and oxygen atoms in total. The van der Waals surface area contributed by atoms with Crippen LogP contribution >= 0.6 is 11.8 Å². The quantitative estimate of drug-likeness (QED) is 0.665. The van der Waals surface area contributed by atoms with Crippen LogP contribution in [0.25, 0.3) is 0 Å². The first-order valence-corrected chi connectivity index (χ1v) is 9.38. The molecule has 1 atom stereocenters. The van der Waals surface area contributed by atoms with Crippen LogP contribution in [0.5, 0.6) is 11.5 Å². The normalized spacial score (nSPS) is 17.3. The molecular weight excluding hydrogens is 310 g/mol. The summed E-state index contributed by atoms with van der Waals surface area (Å²) >= 11 is 1.81. The van der Waals surface area contributed by atoms with Crippen molar-refractivity contribution >= 4 is 17.7 Å². The topological polar surface area (TPSA) is 38.8 Å².